The minimum Gasteiger partial charge on any atom is -0.463 e. The molecule has 0 bridgehead atoms. The molecule has 0 radical (unpaired) electrons. The lowest BCUT2D eigenvalue weighted by atomic mass is 9.61. The fourth-order valence-corrected chi connectivity index (χ4v) is 4.49. The predicted octanol–water partition coefficient (Wildman–Crippen LogP) is 4.04. The van der Waals surface area contributed by atoms with E-state index >= 15 is 0 Å². The third-order valence-electron chi connectivity index (χ3n) is 5.63. The lowest BCUT2D eigenvalue weighted by molar-refractivity contribution is -0.140. The zero-order valence-corrected chi connectivity index (χ0v) is 14.5. The summed E-state index contributed by atoms with van der Waals surface area (Å²) in [7, 11) is 0. The molecule has 1 fully saturated rings. The molecule has 0 aromatic heterocycles. The van der Waals surface area contributed by atoms with E-state index in [-0.39, 0.29) is 11.4 Å². The second-order valence-corrected chi connectivity index (χ2v) is 7.08. The topological polar surface area (TPSA) is 52.3 Å². The Morgan fingerprint density at radius 1 is 1.17 bits per heavy atom. The molecule has 1 spiro atoms. The van der Waals surface area contributed by atoms with Crippen LogP contribution in [0.15, 0.2) is 17.7 Å². The Hall–Kier alpha value is -1.77. The molecule has 1 saturated carbocycles. The predicted molar refractivity (Wildman–Crippen MR) is 92.9 cm³/mol. The van der Waals surface area contributed by atoms with Crippen molar-refractivity contribution in [1.82, 2.24) is 0 Å². The minimum absolute atomic E-state index is 0.125. The maximum absolute atomic E-state index is 12.7. The monoisotopic (exact) mass is 313 g/mol. The Kier molecular flexibility index (Phi) is 4.22. The maximum atomic E-state index is 12.7. The van der Waals surface area contributed by atoms with Crippen LogP contribution in [0.1, 0.15) is 61.3 Å². The lowest BCUT2D eigenvalue weighted by Gasteiger charge is -2.43. The maximum Gasteiger partial charge on any atom is 0.336 e. The van der Waals surface area contributed by atoms with Gasteiger partial charge in [0.15, 0.2) is 0 Å². The molecule has 23 heavy (non-hydrogen) atoms. The number of esters is 1. The number of carbonyl (C=O) groups is 1. The summed E-state index contributed by atoms with van der Waals surface area (Å²) in [5, 5.41) is 0. The highest BCUT2D eigenvalue weighted by molar-refractivity contribution is 6.00. The van der Waals surface area contributed by atoms with Gasteiger partial charge in [0.2, 0.25) is 0 Å². The molecule has 0 amide bonds. The van der Waals surface area contributed by atoms with Crippen LogP contribution in [0, 0.1) is 19.3 Å². The Morgan fingerprint density at radius 3 is 2.48 bits per heavy atom. The van der Waals surface area contributed by atoms with Crippen LogP contribution >= 0.6 is 0 Å². The van der Waals surface area contributed by atoms with Gasteiger partial charge < -0.3 is 10.5 Å². The first-order chi connectivity index (χ1) is 11.0. The van der Waals surface area contributed by atoms with E-state index in [0.29, 0.717) is 12.3 Å². The molecule has 2 aliphatic carbocycles. The molecular formula is C20H27NO2. The SMILES string of the molecule is CCOC(=O)C1=C(N)c2c(C)ccc(C)c2CC12CCCCC2. The molecule has 0 saturated heterocycles. The van der Waals surface area contributed by atoms with Crippen LogP contribution in [-0.4, -0.2) is 12.6 Å². The molecule has 3 heteroatoms. The molecule has 2 N–H and O–H groups in total. The second-order valence-electron chi connectivity index (χ2n) is 7.08. The number of nitrogens with two attached hydrogens (primary N) is 1. The van der Waals surface area contributed by atoms with E-state index in [9.17, 15) is 4.79 Å². The fourth-order valence-electron chi connectivity index (χ4n) is 4.49. The average molecular weight is 313 g/mol. The van der Waals surface area contributed by atoms with Crippen molar-refractivity contribution in [2.45, 2.75) is 59.3 Å². The van der Waals surface area contributed by atoms with E-state index < -0.39 is 0 Å². The molecule has 0 aliphatic heterocycles. The van der Waals surface area contributed by atoms with Crippen LogP contribution in [0.2, 0.25) is 0 Å². The lowest BCUT2D eigenvalue weighted by Crippen LogP contribution is -2.39. The first kappa shape index (κ1) is 16.1. The molecule has 2 aliphatic rings. The van der Waals surface area contributed by atoms with E-state index in [2.05, 4.69) is 26.0 Å². The van der Waals surface area contributed by atoms with Crippen molar-refractivity contribution in [3.8, 4) is 0 Å². The first-order valence-electron chi connectivity index (χ1n) is 8.77. The van der Waals surface area contributed by atoms with Gasteiger partial charge >= 0.3 is 5.97 Å². The number of hydrogen-bond donors (Lipinski definition) is 1. The normalized spacial score (nSPS) is 19.6. The first-order valence-corrected chi connectivity index (χ1v) is 8.77. The van der Waals surface area contributed by atoms with Gasteiger partial charge in [-0.15, -0.1) is 0 Å². The van der Waals surface area contributed by atoms with Crippen molar-refractivity contribution < 1.29 is 9.53 Å². The number of aryl methyl sites for hydroxylation is 2. The van der Waals surface area contributed by atoms with Crippen LogP contribution in [-0.2, 0) is 16.0 Å². The summed E-state index contributed by atoms with van der Waals surface area (Å²) in [6.07, 6.45) is 6.57. The van der Waals surface area contributed by atoms with Gasteiger partial charge in [0, 0.05) is 11.0 Å². The zero-order chi connectivity index (χ0) is 16.6. The van der Waals surface area contributed by atoms with Crippen molar-refractivity contribution in [3.63, 3.8) is 0 Å². The molecule has 124 valence electrons. The third kappa shape index (κ3) is 2.56. The smallest absolute Gasteiger partial charge is 0.336 e. The number of ether oxygens (including phenoxy) is 1. The highest BCUT2D eigenvalue weighted by atomic mass is 16.5. The molecule has 0 unspecified atom stereocenters. The van der Waals surface area contributed by atoms with E-state index in [1.807, 2.05) is 6.92 Å². The van der Waals surface area contributed by atoms with Gasteiger partial charge in [0.05, 0.1) is 17.9 Å². The highest BCUT2D eigenvalue weighted by Gasteiger charge is 2.45. The van der Waals surface area contributed by atoms with Crippen molar-refractivity contribution in [2.75, 3.05) is 6.61 Å². The van der Waals surface area contributed by atoms with E-state index in [0.717, 1.165) is 48.8 Å². The zero-order valence-electron chi connectivity index (χ0n) is 14.5. The Bertz CT molecular complexity index is 666. The standard InChI is InChI=1S/C20H27NO2/c1-4-23-19(22)17-18(21)16-14(3)9-8-13(2)15(16)12-20(17)10-6-5-7-11-20/h8-9H,4-7,10-12,21H2,1-3H3. The molecule has 0 atom stereocenters. The Morgan fingerprint density at radius 2 is 1.83 bits per heavy atom. The summed E-state index contributed by atoms with van der Waals surface area (Å²) in [5.74, 6) is -0.210. The van der Waals surface area contributed by atoms with Gasteiger partial charge in [0.25, 0.3) is 0 Å². The Labute approximate surface area is 138 Å². The minimum atomic E-state index is -0.210. The largest absolute Gasteiger partial charge is 0.463 e. The van der Waals surface area contributed by atoms with Gasteiger partial charge in [-0.2, -0.15) is 0 Å². The fraction of sp³-hybridized carbons (Fsp3) is 0.550. The van der Waals surface area contributed by atoms with Crippen molar-refractivity contribution >= 4 is 11.7 Å². The van der Waals surface area contributed by atoms with Crippen molar-refractivity contribution in [2.24, 2.45) is 11.1 Å². The van der Waals surface area contributed by atoms with Gasteiger partial charge in [-0.25, -0.2) is 4.79 Å². The van der Waals surface area contributed by atoms with Crippen molar-refractivity contribution in [3.05, 3.63) is 40.0 Å². The number of carbonyl (C=O) groups excluding carboxylic acids is 1. The van der Waals surface area contributed by atoms with Gasteiger partial charge in [-0.1, -0.05) is 31.4 Å². The molecular weight excluding hydrogens is 286 g/mol. The summed E-state index contributed by atoms with van der Waals surface area (Å²) in [6, 6.07) is 4.27. The van der Waals surface area contributed by atoms with Crippen molar-refractivity contribution in [1.29, 1.82) is 0 Å². The van der Waals surface area contributed by atoms with Gasteiger partial charge in [-0.05, 0) is 56.7 Å². The van der Waals surface area contributed by atoms with Crippen LogP contribution in [0.4, 0.5) is 0 Å². The number of fused-ring (bicyclic) bond motifs is 1. The molecule has 0 heterocycles. The quantitative estimate of drug-likeness (QED) is 0.838. The molecule has 3 nitrogen and oxygen atoms in total. The molecule has 1 aromatic rings. The van der Waals surface area contributed by atoms with Crippen LogP contribution in [0.5, 0.6) is 0 Å². The Balaban J connectivity index is 2.22. The molecule has 3 rings (SSSR count). The van der Waals surface area contributed by atoms with E-state index in [1.54, 1.807) is 0 Å². The average Bonchev–Trinajstić information content (AvgIpc) is 2.52. The summed E-state index contributed by atoms with van der Waals surface area (Å²) in [5.41, 5.74) is 12.7. The highest BCUT2D eigenvalue weighted by Crippen LogP contribution is 2.51. The van der Waals surface area contributed by atoms with Crippen LogP contribution in [0.25, 0.3) is 5.70 Å². The van der Waals surface area contributed by atoms with Gasteiger partial charge in [-0.3, -0.25) is 0 Å². The van der Waals surface area contributed by atoms with Crippen LogP contribution in [0.3, 0.4) is 0 Å². The van der Waals surface area contributed by atoms with E-state index in [1.165, 1.54) is 17.5 Å². The number of rotatable bonds is 2. The third-order valence-corrected chi connectivity index (χ3v) is 5.63. The van der Waals surface area contributed by atoms with Crippen LogP contribution < -0.4 is 5.73 Å². The summed E-state index contributed by atoms with van der Waals surface area (Å²) >= 11 is 0. The molecule has 1 aromatic carbocycles. The second kappa shape index (κ2) is 6.03. The van der Waals surface area contributed by atoms with Gasteiger partial charge in [0.1, 0.15) is 0 Å². The number of hydrogen-bond acceptors (Lipinski definition) is 3. The summed E-state index contributed by atoms with van der Waals surface area (Å²) < 4.78 is 5.39. The summed E-state index contributed by atoms with van der Waals surface area (Å²) in [4.78, 5) is 12.7. The summed E-state index contributed by atoms with van der Waals surface area (Å²) in [6.45, 7) is 6.48. The van der Waals surface area contributed by atoms with E-state index in [4.69, 9.17) is 10.5 Å². The number of benzene rings is 1.